The number of aliphatic hydroxyl groups excluding tert-OH is 1. The molecule has 0 spiro atoms. The number of hydrogen-bond donors (Lipinski definition) is 1. The summed E-state index contributed by atoms with van der Waals surface area (Å²) in [6, 6.07) is 4.43. The first-order valence-corrected chi connectivity index (χ1v) is 9.12. The van der Waals surface area contributed by atoms with Gasteiger partial charge in [-0.1, -0.05) is 0 Å². The fraction of sp³-hybridized carbons (Fsp3) is 0.364. The van der Waals surface area contributed by atoms with Gasteiger partial charge in [-0.2, -0.15) is 0 Å². The predicted molar refractivity (Wildman–Crippen MR) is 105 cm³/mol. The van der Waals surface area contributed by atoms with Crippen LogP contribution in [0.2, 0.25) is 0 Å². The molecular weight excluding hydrogens is 322 g/mol. The van der Waals surface area contributed by atoms with E-state index < -0.39 is 0 Å². The minimum absolute atomic E-state index is 0.216. The molecule has 3 aromatic rings. The topological polar surface area (TPSA) is 42.4 Å². The summed E-state index contributed by atoms with van der Waals surface area (Å²) in [5.41, 5.74) is 7.46. The van der Waals surface area contributed by atoms with E-state index in [1.807, 2.05) is 25.4 Å². The lowest BCUT2D eigenvalue weighted by Gasteiger charge is -2.14. The van der Waals surface area contributed by atoms with E-state index in [4.69, 9.17) is 6.57 Å². The summed E-state index contributed by atoms with van der Waals surface area (Å²) in [6.45, 7) is 13.7. The average Bonchev–Trinajstić information content (AvgIpc) is 3.20. The predicted octanol–water partition coefficient (Wildman–Crippen LogP) is 5.27. The Kier molecular flexibility index (Phi) is 4.05. The van der Waals surface area contributed by atoms with E-state index in [0.29, 0.717) is 11.7 Å². The van der Waals surface area contributed by atoms with Crippen LogP contribution in [0.25, 0.3) is 26.9 Å². The molecular formula is C22H23N3O. The number of pyridine rings is 1. The number of aliphatic hydroxyl groups is 1. The monoisotopic (exact) mass is 345 g/mol. The van der Waals surface area contributed by atoms with Crippen molar-refractivity contribution in [3.05, 3.63) is 58.8 Å². The van der Waals surface area contributed by atoms with Crippen LogP contribution in [-0.4, -0.2) is 20.8 Å². The third-order valence-electron chi connectivity index (χ3n) is 5.80. The number of hydrogen-bond acceptors (Lipinski definition) is 2. The highest BCUT2D eigenvalue weighted by atomic mass is 16.3. The molecule has 2 aromatic heterocycles. The van der Waals surface area contributed by atoms with Crippen molar-refractivity contribution < 1.29 is 5.11 Å². The van der Waals surface area contributed by atoms with Crippen LogP contribution in [0, 0.1) is 27.3 Å². The summed E-state index contributed by atoms with van der Waals surface area (Å²) in [5, 5.41) is 11.1. The van der Waals surface area contributed by atoms with Crippen LogP contribution in [0.3, 0.4) is 0 Å². The van der Waals surface area contributed by atoms with Crippen molar-refractivity contribution >= 4 is 16.6 Å². The highest BCUT2D eigenvalue weighted by Gasteiger charge is 2.26. The first kappa shape index (κ1) is 16.8. The second kappa shape index (κ2) is 6.26. The molecule has 26 heavy (non-hydrogen) atoms. The summed E-state index contributed by atoms with van der Waals surface area (Å²) in [6.07, 6.45) is 8.42. The van der Waals surface area contributed by atoms with Crippen LogP contribution >= 0.6 is 0 Å². The lowest BCUT2D eigenvalue weighted by Crippen LogP contribution is -2.06. The Morgan fingerprint density at radius 2 is 1.92 bits per heavy atom. The van der Waals surface area contributed by atoms with Crippen molar-refractivity contribution in [1.29, 1.82) is 0 Å². The van der Waals surface area contributed by atoms with Gasteiger partial charge < -0.3 is 9.67 Å². The van der Waals surface area contributed by atoms with E-state index >= 15 is 0 Å². The first-order valence-electron chi connectivity index (χ1n) is 9.12. The van der Waals surface area contributed by atoms with E-state index in [2.05, 4.69) is 40.5 Å². The van der Waals surface area contributed by atoms with Gasteiger partial charge in [0.25, 0.3) is 0 Å². The number of benzene rings is 1. The van der Waals surface area contributed by atoms with Gasteiger partial charge in [0, 0.05) is 41.3 Å². The van der Waals surface area contributed by atoms with Crippen LogP contribution in [0.4, 0.5) is 5.69 Å². The van der Waals surface area contributed by atoms with Crippen molar-refractivity contribution in [2.45, 2.75) is 52.2 Å². The zero-order valence-corrected chi connectivity index (χ0v) is 15.5. The lowest BCUT2D eigenvalue weighted by molar-refractivity contribution is 0.178. The standard InChI is InChI=1S/C22H23N3O/c1-13-7-22-18(9-21(13)23-4)20(19-11-24-10-14(2)15(19)3)12-25(22)16-5-6-17(26)8-16/h7,9-12,16-17,26H,5-6,8H2,1-3H3. The number of nitrogens with zero attached hydrogens (tertiary/aromatic N) is 3. The van der Waals surface area contributed by atoms with Crippen LogP contribution in [-0.2, 0) is 0 Å². The third kappa shape index (κ3) is 2.60. The minimum Gasteiger partial charge on any atom is -0.393 e. The number of aryl methyl sites for hydroxylation is 2. The van der Waals surface area contributed by atoms with E-state index in [1.165, 1.54) is 5.56 Å². The maximum atomic E-state index is 10.0. The molecule has 1 N–H and O–H groups in total. The Bertz CT molecular complexity index is 1040. The molecule has 2 unspecified atom stereocenters. The largest absolute Gasteiger partial charge is 0.393 e. The Morgan fingerprint density at radius 3 is 2.62 bits per heavy atom. The van der Waals surface area contributed by atoms with Crippen molar-refractivity contribution in [2.75, 3.05) is 0 Å². The highest BCUT2D eigenvalue weighted by molar-refractivity contribution is 5.99. The lowest BCUT2D eigenvalue weighted by atomic mass is 9.98. The third-order valence-corrected chi connectivity index (χ3v) is 5.80. The summed E-state index contributed by atoms with van der Waals surface area (Å²) in [4.78, 5) is 8.10. The second-order valence-corrected chi connectivity index (χ2v) is 7.47. The van der Waals surface area contributed by atoms with Crippen LogP contribution < -0.4 is 0 Å². The SMILES string of the molecule is [C-]#[N+]c1cc2c(-c3cncc(C)c3C)cn(C3CCC(O)C3)c2cc1C. The smallest absolute Gasteiger partial charge is 0.190 e. The Balaban J connectivity index is 2.01. The van der Waals surface area contributed by atoms with Gasteiger partial charge in [-0.15, -0.1) is 0 Å². The fourth-order valence-corrected chi connectivity index (χ4v) is 4.11. The van der Waals surface area contributed by atoms with Gasteiger partial charge in [-0.3, -0.25) is 4.98 Å². The molecule has 0 aliphatic heterocycles. The molecule has 2 heterocycles. The van der Waals surface area contributed by atoms with E-state index in [-0.39, 0.29) is 6.10 Å². The van der Waals surface area contributed by atoms with Crippen LogP contribution in [0.1, 0.15) is 42.0 Å². The molecule has 1 aliphatic rings. The molecule has 132 valence electrons. The Morgan fingerprint density at radius 1 is 1.12 bits per heavy atom. The van der Waals surface area contributed by atoms with E-state index in [0.717, 1.165) is 52.4 Å². The molecule has 0 radical (unpaired) electrons. The summed E-state index contributed by atoms with van der Waals surface area (Å²) >= 11 is 0. The summed E-state index contributed by atoms with van der Waals surface area (Å²) in [7, 11) is 0. The molecule has 2 atom stereocenters. The number of aromatic nitrogens is 2. The molecule has 1 aliphatic carbocycles. The van der Waals surface area contributed by atoms with Crippen molar-refractivity contribution in [1.82, 2.24) is 9.55 Å². The molecule has 4 heteroatoms. The molecule has 1 saturated carbocycles. The zero-order chi connectivity index (χ0) is 18.4. The molecule has 0 saturated heterocycles. The fourth-order valence-electron chi connectivity index (χ4n) is 4.11. The van der Waals surface area contributed by atoms with E-state index in [9.17, 15) is 5.11 Å². The van der Waals surface area contributed by atoms with Gasteiger partial charge >= 0.3 is 0 Å². The molecule has 0 amide bonds. The maximum Gasteiger partial charge on any atom is 0.190 e. The van der Waals surface area contributed by atoms with Crippen molar-refractivity contribution in [3.63, 3.8) is 0 Å². The van der Waals surface area contributed by atoms with Gasteiger partial charge in [-0.05, 0) is 74.2 Å². The molecule has 4 rings (SSSR count). The van der Waals surface area contributed by atoms with Crippen LogP contribution in [0.5, 0.6) is 0 Å². The van der Waals surface area contributed by atoms with Gasteiger partial charge in [0.05, 0.1) is 12.7 Å². The van der Waals surface area contributed by atoms with Gasteiger partial charge in [0.15, 0.2) is 5.69 Å². The van der Waals surface area contributed by atoms with Crippen molar-refractivity contribution in [3.8, 4) is 11.1 Å². The Labute approximate surface area is 153 Å². The van der Waals surface area contributed by atoms with Gasteiger partial charge in [0.2, 0.25) is 0 Å². The molecule has 1 aromatic carbocycles. The quantitative estimate of drug-likeness (QED) is 0.643. The second-order valence-electron chi connectivity index (χ2n) is 7.47. The summed E-state index contributed by atoms with van der Waals surface area (Å²) in [5.74, 6) is 0. The average molecular weight is 345 g/mol. The molecule has 0 bridgehead atoms. The Hall–Kier alpha value is -2.64. The van der Waals surface area contributed by atoms with Crippen molar-refractivity contribution in [2.24, 2.45) is 0 Å². The molecule has 1 fully saturated rings. The van der Waals surface area contributed by atoms with E-state index in [1.54, 1.807) is 0 Å². The van der Waals surface area contributed by atoms with Gasteiger partial charge in [-0.25, -0.2) is 4.85 Å². The maximum absolute atomic E-state index is 10.0. The highest BCUT2D eigenvalue weighted by Crippen LogP contribution is 2.41. The number of fused-ring (bicyclic) bond motifs is 1. The summed E-state index contributed by atoms with van der Waals surface area (Å²) < 4.78 is 2.31. The van der Waals surface area contributed by atoms with Gasteiger partial charge in [0.1, 0.15) is 0 Å². The minimum atomic E-state index is -0.216. The zero-order valence-electron chi connectivity index (χ0n) is 15.5. The first-order chi connectivity index (χ1) is 12.5. The number of rotatable bonds is 2. The molecule has 4 nitrogen and oxygen atoms in total. The van der Waals surface area contributed by atoms with Crippen LogP contribution in [0.15, 0.2) is 30.7 Å². The normalized spacial score (nSPS) is 19.8.